The Hall–Kier alpha value is -2.86. The molecule has 1 aliphatic rings. The molecule has 5 nitrogen and oxygen atoms in total. The van der Waals surface area contributed by atoms with E-state index in [1.54, 1.807) is 11.7 Å². The van der Waals surface area contributed by atoms with Gasteiger partial charge in [-0.2, -0.15) is 0 Å². The molecule has 4 rings (SSSR count). The van der Waals surface area contributed by atoms with Crippen LogP contribution in [-0.2, 0) is 6.67 Å². The van der Waals surface area contributed by atoms with Crippen LogP contribution in [0.4, 0.5) is 5.69 Å². The van der Waals surface area contributed by atoms with Gasteiger partial charge in [-0.25, -0.2) is 4.99 Å². The van der Waals surface area contributed by atoms with Crippen molar-refractivity contribution in [2.24, 2.45) is 4.99 Å². The Balaban J connectivity index is 1.67. The van der Waals surface area contributed by atoms with Gasteiger partial charge < -0.3 is 9.64 Å². The van der Waals surface area contributed by atoms with Gasteiger partial charge in [0.15, 0.2) is 4.80 Å². The van der Waals surface area contributed by atoms with Gasteiger partial charge in [0, 0.05) is 5.69 Å². The fourth-order valence-electron chi connectivity index (χ4n) is 2.88. The smallest absolute Gasteiger partial charge is 0.271 e. The van der Waals surface area contributed by atoms with E-state index in [0.29, 0.717) is 17.9 Å². The minimum Gasteiger partial charge on any atom is -0.497 e. The fraction of sp³-hybridized carbons (Fsp3) is 0.200. The van der Waals surface area contributed by atoms with E-state index >= 15 is 0 Å². The predicted molar refractivity (Wildman–Crippen MR) is 104 cm³/mol. The molecule has 0 unspecified atom stereocenters. The summed E-state index contributed by atoms with van der Waals surface area (Å²) < 4.78 is 7.61. The third kappa shape index (κ3) is 3.15. The normalized spacial score (nSPS) is 14.1. The van der Waals surface area contributed by atoms with Gasteiger partial charge in [0.25, 0.3) is 5.56 Å². The number of ether oxygens (including phenoxy) is 1. The lowest BCUT2D eigenvalue weighted by molar-refractivity contribution is 0.415. The summed E-state index contributed by atoms with van der Waals surface area (Å²) in [5.74, 6) is 0.799. The van der Waals surface area contributed by atoms with E-state index in [2.05, 4.69) is 41.1 Å². The summed E-state index contributed by atoms with van der Waals surface area (Å²) >= 11 is 1.44. The van der Waals surface area contributed by atoms with Crippen molar-refractivity contribution in [3.8, 4) is 5.75 Å². The highest BCUT2D eigenvalue weighted by molar-refractivity contribution is 7.07. The van der Waals surface area contributed by atoms with Crippen LogP contribution in [0.5, 0.6) is 5.75 Å². The number of nitrogens with zero attached hydrogens (tertiary/aromatic N) is 3. The van der Waals surface area contributed by atoms with E-state index < -0.39 is 0 Å². The number of methoxy groups -OCH3 is 1. The monoisotopic (exact) mass is 365 g/mol. The second-order valence-electron chi connectivity index (χ2n) is 6.22. The number of aryl methyl sites for hydroxylation is 1. The lowest BCUT2D eigenvalue weighted by Gasteiger charge is -2.25. The summed E-state index contributed by atoms with van der Waals surface area (Å²) in [5, 5.41) is 0. The maximum Gasteiger partial charge on any atom is 0.271 e. The van der Waals surface area contributed by atoms with Gasteiger partial charge in [0.05, 0.1) is 11.6 Å². The maximum atomic E-state index is 12.8. The molecule has 3 aromatic rings. The van der Waals surface area contributed by atoms with Gasteiger partial charge in [-0.3, -0.25) is 9.36 Å². The summed E-state index contributed by atoms with van der Waals surface area (Å²) in [6, 6.07) is 15.9. The molecule has 0 radical (unpaired) electrons. The van der Waals surface area contributed by atoms with Crippen LogP contribution in [0.2, 0.25) is 0 Å². The van der Waals surface area contributed by atoms with Gasteiger partial charge >= 0.3 is 0 Å². The van der Waals surface area contributed by atoms with Crippen LogP contribution in [0.1, 0.15) is 11.1 Å². The molecule has 2 heterocycles. The Kier molecular flexibility index (Phi) is 4.34. The second kappa shape index (κ2) is 6.80. The summed E-state index contributed by atoms with van der Waals surface area (Å²) in [6.07, 6.45) is 1.91. The number of aromatic nitrogens is 1. The average Bonchev–Trinajstić information content (AvgIpc) is 2.98. The topological polar surface area (TPSA) is 46.8 Å². The first-order chi connectivity index (χ1) is 12.6. The molecule has 1 aliphatic heterocycles. The van der Waals surface area contributed by atoms with E-state index in [1.165, 1.54) is 16.9 Å². The maximum absolute atomic E-state index is 12.8. The fourth-order valence-corrected chi connectivity index (χ4v) is 3.84. The molecule has 0 saturated heterocycles. The second-order valence-corrected chi connectivity index (χ2v) is 7.23. The number of hydrogen-bond acceptors (Lipinski definition) is 5. The predicted octanol–water partition coefficient (Wildman–Crippen LogP) is 2.11. The Morgan fingerprint density at radius 1 is 1.12 bits per heavy atom. The van der Waals surface area contributed by atoms with Crippen molar-refractivity contribution in [2.75, 3.05) is 18.7 Å². The molecule has 0 spiro atoms. The molecule has 0 amide bonds. The number of anilines is 1. The van der Waals surface area contributed by atoms with E-state index in [0.717, 1.165) is 21.8 Å². The summed E-state index contributed by atoms with van der Waals surface area (Å²) in [5.41, 5.74) is 3.26. The van der Waals surface area contributed by atoms with E-state index in [1.807, 2.05) is 30.3 Å². The van der Waals surface area contributed by atoms with Crippen molar-refractivity contribution in [1.82, 2.24) is 4.57 Å². The van der Waals surface area contributed by atoms with Gasteiger partial charge in [-0.1, -0.05) is 41.2 Å². The van der Waals surface area contributed by atoms with Crippen LogP contribution >= 0.6 is 11.3 Å². The van der Waals surface area contributed by atoms with Crippen LogP contribution in [0, 0.1) is 6.92 Å². The Labute approximate surface area is 155 Å². The van der Waals surface area contributed by atoms with Crippen LogP contribution < -0.4 is 24.5 Å². The highest BCUT2D eigenvalue weighted by Gasteiger charge is 2.15. The highest BCUT2D eigenvalue weighted by Crippen LogP contribution is 2.16. The van der Waals surface area contributed by atoms with Crippen molar-refractivity contribution in [3.05, 3.63) is 79.3 Å². The van der Waals surface area contributed by atoms with Crippen molar-refractivity contribution in [2.45, 2.75) is 13.6 Å². The molecule has 0 aliphatic carbocycles. The molecule has 0 atom stereocenters. The largest absolute Gasteiger partial charge is 0.497 e. The molecule has 0 N–H and O–H groups in total. The van der Waals surface area contributed by atoms with Gasteiger partial charge in [0.2, 0.25) is 0 Å². The lowest BCUT2D eigenvalue weighted by Crippen LogP contribution is -2.42. The number of hydrogen-bond donors (Lipinski definition) is 0. The van der Waals surface area contributed by atoms with Crippen LogP contribution in [0.25, 0.3) is 6.08 Å². The number of fused-ring (bicyclic) bond motifs is 1. The van der Waals surface area contributed by atoms with Crippen molar-refractivity contribution < 1.29 is 4.74 Å². The molecule has 26 heavy (non-hydrogen) atoms. The molecular formula is C20H19N3O2S. The quantitative estimate of drug-likeness (QED) is 0.714. The highest BCUT2D eigenvalue weighted by atomic mass is 32.1. The standard InChI is InChI=1S/C20H19N3O2S/c1-14-3-7-16(8-4-14)22-12-21-20-23(13-22)19(24)18(26-20)11-15-5-9-17(25-2)10-6-15/h3-11H,12-13H2,1-2H3/b18-11-. The summed E-state index contributed by atoms with van der Waals surface area (Å²) in [7, 11) is 1.64. The minimum atomic E-state index is 0.00128. The van der Waals surface area contributed by atoms with E-state index in [-0.39, 0.29) is 5.56 Å². The molecule has 0 fully saturated rings. The summed E-state index contributed by atoms with van der Waals surface area (Å²) in [6.45, 7) is 3.14. The van der Waals surface area contributed by atoms with Crippen LogP contribution in [0.15, 0.2) is 58.3 Å². The van der Waals surface area contributed by atoms with Gasteiger partial charge in [-0.05, 0) is 42.8 Å². The number of benzene rings is 2. The van der Waals surface area contributed by atoms with Crippen molar-refractivity contribution in [3.63, 3.8) is 0 Å². The molecule has 1 aromatic heterocycles. The Morgan fingerprint density at radius 3 is 2.54 bits per heavy atom. The Bertz CT molecular complexity index is 1100. The molecule has 6 heteroatoms. The zero-order chi connectivity index (χ0) is 18.1. The van der Waals surface area contributed by atoms with Crippen LogP contribution in [-0.4, -0.2) is 18.3 Å². The molecule has 0 bridgehead atoms. The molecular weight excluding hydrogens is 346 g/mol. The SMILES string of the molecule is COc1ccc(/C=c2\sc3n(c2=O)CN(c2ccc(C)cc2)CN=3)cc1. The zero-order valence-corrected chi connectivity index (χ0v) is 15.5. The molecule has 132 valence electrons. The first kappa shape index (κ1) is 16.6. The third-order valence-corrected chi connectivity index (χ3v) is 5.43. The first-order valence-corrected chi connectivity index (χ1v) is 9.17. The lowest BCUT2D eigenvalue weighted by atomic mass is 10.2. The van der Waals surface area contributed by atoms with Crippen molar-refractivity contribution >= 4 is 23.1 Å². The summed E-state index contributed by atoms with van der Waals surface area (Å²) in [4.78, 5) is 20.3. The van der Waals surface area contributed by atoms with E-state index in [4.69, 9.17) is 4.74 Å². The number of thiazole rings is 1. The minimum absolute atomic E-state index is 0.00128. The van der Waals surface area contributed by atoms with Gasteiger partial charge in [0.1, 0.15) is 19.1 Å². The molecule has 0 saturated carbocycles. The number of rotatable bonds is 3. The average molecular weight is 365 g/mol. The van der Waals surface area contributed by atoms with Crippen molar-refractivity contribution in [1.29, 1.82) is 0 Å². The Morgan fingerprint density at radius 2 is 1.85 bits per heavy atom. The zero-order valence-electron chi connectivity index (χ0n) is 14.7. The van der Waals surface area contributed by atoms with Gasteiger partial charge in [-0.15, -0.1) is 0 Å². The third-order valence-electron chi connectivity index (χ3n) is 4.39. The molecule has 2 aromatic carbocycles. The van der Waals surface area contributed by atoms with Crippen LogP contribution in [0.3, 0.4) is 0 Å². The van der Waals surface area contributed by atoms with E-state index in [9.17, 15) is 4.79 Å². The first-order valence-electron chi connectivity index (χ1n) is 8.35.